The molecule has 1 heterocycles. The number of halogens is 1. The van der Waals surface area contributed by atoms with Crippen LogP contribution in [-0.2, 0) is 0 Å². The highest BCUT2D eigenvalue weighted by Gasteiger charge is 2.08. The smallest absolute Gasteiger partial charge is 0.127 e. The summed E-state index contributed by atoms with van der Waals surface area (Å²) in [6.45, 7) is 0. The van der Waals surface area contributed by atoms with Gasteiger partial charge in [0.05, 0.1) is 23.0 Å². The number of benzene rings is 2. The highest BCUT2D eigenvalue weighted by molar-refractivity contribution is 9.10. The van der Waals surface area contributed by atoms with Crippen LogP contribution in [0.3, 0.4) is 0 Å². The van der Waals surface area contributed by atoms with E-state index in [1.54, 1.807) is 16.8 Å². The monoisotopic (exact) mass is 338 g/mol. The van der Waals surface area contributed by atoms with Gasteiger partial charge in [0.2, 0.25) is 0 Å². The molecule has 21 heavy (non-hydrogen) atoms. The van der Waals surface area contributed by atoms with E-state index >= 15 is 0 Å². The summed E-state index contributed by atoms with van der Waals surface area (Å²) in [6, 6.07) is 19.0. The Balaban J connectivity index is 2.01. The maximum Gasteiger partial charge on any atom is 0.127 e. The lowest BCUT2D eigenvalue weighted by atomic mass is 10.2. The molecule has 2 aromatic carbocycles. The van der Waals surface area contributed by atoms with E-state index in [1.165, 1.54) is 0 Å². The van der Waals surface area contributed by atoms with Crippen LogP contribution in [0.2, 0.25) is 0 Å². The van der Waals surface area contributed by atoms with Gasteiger partial charge in [-0.15, -0.1) is 0 Å². The molecular weight excluding hydrogens is 328 g/mol. The van der Waals surface area contributed by atoms with Crippen molar-refractivity contribution in [2.45, 2.75) is 0 Å². The first kappa shape index (κ1) is 13.4. The van der Waals surface area contributed by atoms with Crippen molar-refractivity contribution in [2.75, 3.05) is 5.73 Å². The molecule has 3 rings (SSSR count). The molecule has 102 valence electrons. The fraction of sp³-hybridized carbons (Fsp3) is 0. The van der Waals surface area contributed by atoms with E-state index in [0.717, 1.165) is 21.4 Å². The maximum atomic E-state index is 8.83. The predicted molar refractivity (Wildman–Crippen MR) is 85.8 cm³/mol. The molecule has 0 amide bonds. The van der Waals surface area contributed by atoms with Gasteiger partial charge in [-0.3, -0.25) is 0 Å². The molecule has 0 saturated heterocycles. The lowest BCUT2D eigenvalue weighted by molar-refractivity contribution is 0.895. The first-order valence-corrected chi connectivity index (χ1v) is 7.09. The van der Waals surface area contributed by atoms with E-state index in [2.05, 4.69) is 27.1 Å². The van der Waals surface area contributed by atoms with Crippen LogP contribution in [0.4, 0.5) is 5.82 Å². The van der Waals surface area contributed by atoms with Crippen LogP contribution < -0.4 is 5.73 Å². The molecule has 0 bridgehead atoms. The number of nitrogens with two attached hydrogens (primary N) is 1. The number of hydrogen-bond donors (Lipinski definition) is 1. The maximum absolute atomic E-state index is 8.83. The Morgan fingerprint density at radius 1 is 1.05 bits per heavy atom. The van der Waals surface area contributed by atoms with E-state index in [1.807, 2.05) is 42.5 Å². The van der Waals surface area contributed by atoms with E-state index in [-0.39, 0.29) is 0 Å². The lowest BCUT2D eigenvalue weighted by Gasteiger charge is -2.03. The van der Waals surface area contributed by atoms with Gasteiger partial charge < -0.3 is 5.73 Å². The van der Waals surface area contributed by atoms with Crippen LogP contribution in [0, 0.1) is 11.3 Å². The van der Waals surface area contributed by atoms with Crippen molar-refractivity contribution in [2.24, 2.45) is 0 Å². The summed E-state index contributed by atoms with van der Waals surface area (Å²) >= 11 is 3.41. The molecule has 0 spiro atoms. The van der Waals surface area contributed by atoms with Crippen LogP contribution in [-0.4, -0.2) is 9.78 Å². The average molecular weight is 339 g/mol. The first-order valence-electron chi connectivity index (χ1n) is 6.29. The molecule has 0 fully saturated rings. The van der Waals surface area contributed by atoms with Gasteiger partial charge in [-0.25, -0.2) is 4.68 Å². The summed E-state index contributed by atoms with van der Waals surface area (Å²) in [4.78, 5) is 0. The molecule has 0 saturated carbocycles. The molecule has 1 aromatic heterocycles. The number of rotatable bonds is 2. The molecule has 0 aliphatic rings. The van der Waals surface area contributed by atoms with Crippen molar-refractivity contribution >= 4 is 21.7 Å². The topological polar surface area (TPSA) is 67.6 Å². The average Bonchev–Trinajstić information content (AvgIpc) is 2.90. The molecule has 0 aliphatic heterocycles. The van der Waals surface area contributed by atoms with Crippen LogP contribution >= 0.6 is 15.9 Å². The fourth-order valence-electron chi connectivity index (χ4n) is 2.04. The molecule has 0 aliphatic carbocycles. The van der Waals surface area contributed by atoms with Crippen molar-refractivity contribution in [3.05, 3.63) is 64.6 Å². The van der Waals surface area contributed by atoms with Gasteiger partial charge in [0.15, 0.2) is 0 Å². The molecule has 4 nitrogen and oxygen atoms in total. The van der Waals surface area contributed by atoms with Crippen LogP contribution in [0.25, 0.3) is 16.9 Å². The molecule has 3 aromatic rings. The third-order valence-corrected chi connectivity index (χ3v) is 3.65. The zero-order valence-corrected chi connectivity index (χ0v) is 12.6. The van der Waals surface area contributed by atoms with E-state index in [9.17, 15) is 0 Å². The summed E-state index contributed by atoms with van der Waals surface area (Å²) in [5.41, 5.74) is 9.28. The number of nitrogens with zero attached hydrogens (tertiary/aromatic N) is 3. The second kappa shape index (κ2) is 5.43. The second-order valence-corrected chi connectivity index (χ2v) is 5.45. The SMILES string of the molecule is N#Cc1ccc(-n2nc(-c3ccc(Br)cc3)cc2N)cc1. The van der Waals surface area contributed by atoms with Crippen LogP contribution in [0.1, 0.15) is 5.56 Å². The Kier molecular flexibility index (Phi) is 3.46. The molecule has 5 heteroatoms. The van der Waals surface area contributed by atoms with Gasteiger partial charge in [-0.2, -0.15) is 10.4 Å². The van der Waals surface area contributed by atoms with Gasteiger partial charge in [-0.05, 0) is 36.4 Å². The summed E-state index contributed by atoms with van der Waals surface area (Å²) in [5.74, 6) is 0.553. The Hall–Kier alpha value is -2.58. The molecular formula is C16H11BrN4. The van der Waals surface area contributed by atoms with Crippen LogP contribution in [0.5, 0.6) is 0 Å². The van der Waals surface area contributed by atoms with Crippen molar-refractivity contribution in [3.8, 4) is 23.0 Å². The van der Waals surface area contributed by atoms with E-state index in [4.69, 9.17) is 11.0 Å². The minimum atomic E-state index is 0.553. The van der Waals surface area contributed by atoms with Gasteiger partial charge >= 0.3 is 0 Å². The molecule has 0 radical (unpaired) electrons. The standard InChI is InChI=1S/C16H11BrN4/c17-13-5-3-12(4-6-13)15-9-16(19)21(20-15)14-7-1-11(10-18)2-8-14/h1-9H,19H2. The first-order chi connectivity index (χ1) is 10.2. The van der Waals surface area contributed by atoms with E-state index < -0.39 is 0 Å². The number of nitrogen functional groups attached to an aromatic ring is 1. The lowest BCUT2D eigenvalue weighted by Crippen LogP contribution is -2.01. The van der Waals surface area contributed by atoms with Gasteiger partial charge in [0, 0.05) is 16.1 Å². The fourth-order valence-corrected chi connectivity index (χ4v) is 2.31. The Labute approximate surface area is 130 Å². The third-order valence-electron chi connectivity index (χ3n) is 3.12. The number of nitriles is 1. The number of hydrogen-bond acceptors (Lipinski definition) is 3. The largest absolute Gasteiger partial charge is 0.384 e. The highest BCUT2D eigenvalue weighted by Crippen LogP contribution is 2.24. The molecule has 2 N–H and O–H groups in total. The highest BCUT2D eigenvalue weighted by atomic mass is 79.9. The quantitative estimate of drug-likeness (QED) is 0.773. The Morgan fingerprint density at radius 3 is 2.33 bits per heavy atom. The van der Waals surface area contributed by atoms with Gasteiger partial charge in [0.25, 0.3) is 0 Å². The summed E-state index contributed by atoms with van der Waals surface area (Å²) in [7, 11) is 0. The number of aromatic nitrogens is 2. The Morgan fingerprint density at radius 2 is 1.71 bits per heavy atom. The van der Waals surface area contributed by atoms with Crippen LogP contribution in [0.15, 0.2) is 59.1 Å². The Bertz CT molecular complexity index is 811. The minimum Gasteiger partial charge on any atom is -0.384 e. The number of anilines is 1. The normalized spacial score (nSPS) is 10.3. The predicted octanol–water partition coefficient (Wildman–Crippen LogP) is 3.76. The van der Waals surface area contributed by atoms with Crippen molar-refractivity contribution < 1.29 is 0 Å². The zero-order valence-electron chi connectivity index (χ0n) is 11.0. The minimum absolute atomic E-state index is 0.553. The molecule has 0 atom stereocenters. The van der Waals surface area contributed by atoms with Crippen molar-refractivity contribution in [1.82, 2.24) is 9.78 Å². The summed E-state index contributed by atoms with van der Waals surface area (Å²) < 4.78 is 2.68. The van der Waals surface area contributed by atoms with Gasteiger partial charge in [0.1, 0.15) is 5.82 Å². The van der Waals surface area contributed by atoms with Crippen molar-refractivity contribution in [3.63, 3.8) is 0 Å². The zero-order chi connectivity index (χ0) is 14.8. The molecule has 0 unspecified atom stereocenters. The van der Waals surface area contributed by atoms with E-state index in [0.29, 0.717) is 11.4 Å². The van der Waals surface area contributed by atoms with Crippen molar-refractivity contribution in [1.29, 1.82) is 5.26 Å². The van der Waals surface area contributed by atoms with Gasteiger partial charge in [-0.1, -0.05) is 28.1 Å². The summed E-state index contributed by atoms with van der Waals surface area (Å²) in [6.07, 6.45) is 0. The summed E-state index contributed by atoms with van der Waals surface area (Å²) in [5, 5.41) is 13.4. The third kappa shape index (κ3) is 2.67. The second-order valence-electron chi connectivity index (χ2n) is 4.53.